The van der Waals surface area contributed by atoms with E-state index in [1.165, 1.54) is 13.8 Å². The highest BCUT2D eigenvalue weighted by atomic mass is 16.4. The number of hydrogen-bond donors (Lipinski definition) is 3. The van der Waals surface area contributed by atoms with E-state index in [1.807, 2.05) is 16.9 Å². The number of amides is 2. The Morgan fingerprint density at radius 1 is 1.50 bits per heavy atom. The van der Waals surface area contributed by atoms with Gasteiger partial charge in [0.05, 0.1) is 12.2 Å². The first-order valence-corrected chi connectivity index (χ1v) is 6.59. The summed E-state index contributed by atoms with van der Waals surface area (Å²) >= 11 is 0. The maximum Gasteiger partial charge on any atom is 0.328 e. The summed E-state index contributed by atoms with van der Waals surface area (Å²) in [5.41, 5.74) is -0.575. The quantitative estimate of drug-likeness (QED) is 0.737. The molecule has 0 fully saturated rings. The lowest BCUT2D eigenvalue weighted by Crippen LogP contribution is -2.53. The van der Waals surface area contributed by atoms with Crippen molar-refractivity contribution >= 4 is 12.0 Å². The highest BCUT2D eigenvalue weighted by molar-refractivity contribution is 5.85. The first-order valence-electron chi connectivity index (χ1n) is 6.59. The number of nitrogens with one attached hydrogen (secondary N) is 2. The van der Waals surface area contributed by atoms with Gasteiger partial charge in [0.2, 0.25) is 0 Å². The number of carboxylic acids is 1. The molecule has 3 N–H and O–H groups in total. The van der Waals surface area contributed by atoms with Gasteiger partial charge in [-0.2, -0.15) is 5.10 Å². The number of rotatable bonds is 6. The van der Waals surface area contributed by atoms with E-state index in [2.05, 4.69) is 29.6 Å². The van der Waals surface area contributed by atoms with Crippen molar-refractivity contribution in [3.05, 3.63) is 18.0 Å². The molecule has 2 amide bonds. The van der Waals surface area contributed by atoms with Crippen LogP contribution in [-0.2, 0) is 11.3 Å². The molecule has 0 bridgehead atoms. The minimum absolute atomic E-state index is 0.255. The van der Waals surface area contributed by atoms with Crippen LogP contribution in [-0.4, -0.2) is 32.4 Å². The molecule has 0 radical (unpaired) electrons. The molecule has 1 aromatic heterocycles. The Labute approximate surface area is 118 Å². The summed E-state index contributed by atoms with van der Waals surface area (Å²) in [5, 5.41) is 18.2. The van der Waals surface area contributed by atoms with Crippen molar-refractivity contribution in [1.82, 2.24) is 20.4 Å². The molecule has 0 saturated carbocycles. The van der Waals surface area contributed by atoms with E-state index in [0.717, 1.165) is 12.1 Å². The van der Waals surface area contributed by atoms with Crippen molar-refractivity contribution < 1.29 is 14.7 Å². The lowest BCUT2D eigenvalue weighted by molar-refractivity contribution is -0.142. The third-order valence-corrected chi connectivity index (χ3v) is 3.10. The van der Waals surface area contributed by atoms with Crippen LogP contribution >= 0.6 is 0 Å². The topological polar surface area (TPSA) is 96.2 Å². The van der Waals surface area contributed by atoms with E-state index in [9.17, 15) is 9.59 Å². The SMILES string of the molecule is CCC(C)n1ccc(CNC(=O)NC(C)(C)C(=O)O)n1. The van der Waals surface area contributed by atoms with Gasteiger partial charge in [0.25, 0.3) is 0 Å². The molecule has 0 spiro atoms. The molecule has 1 aromatic rings. The monoisotopic (exact) mass is 282 g/mol. The summed E-state index contributed by atoms with van der Waals surface area (Å²) < 4.78 is 1.84. The molecule has 0 aliphatic rings. The number of aromatic nitrogens is 2. The van der Waals surface area contributed by atoms with Gasteiger partial charge in [0.15, 0.2) is 0 Å². The van der Waals surface area contributed by atoms with Crippen LogP contribution in [0.1, 0.15) is 45.9 Å². The standard InChI is InChI=1S/C13H22N4O3/c1-5-9(2)17-7-6-10(16-17)8-14-12(20)15-13(3,4)11(18)19/h6-7,9H,5,8H2,1-4H3,(H,18,19)(H2,14,15,20). The second-order valence-electron chi connectivity index (χ2n) is 5.28. The van der Waals surface area contributed by atoms with Gasteiger partial charge in [0, 0.05) is 12.2 Å². The smallest absolute Gasteiger partial charge is 0.328 e. The van der Waals surface area contributed by atoms with Gasteiger partial charge < -0.3 is 15.7 Å². The van der Waals surface area contributed by atoms with Crippen LogP contribution in [0.25, 0.3) is 0 Å². The average Bonchev–Trinajstić information content (AvgIpc) is 2.83. The zero-order chi connectivity index (χ0) is 15.3. The van der Waals surface area contributed by atoms with E-state index >= 15 is 0 Å². The minimum atomic E-state index is -1.31. The molecule has 1 rings (SSSR count). The second kappa shape index (κ2) is 6.40. The van der Waals surface area contributed by atoms with Crippen molar-refractivity contribution in [3.63, 3.8) is 0 Å². The first kappa shape index (κ1) is 16.0. The van der Waals surface area contributed by atoms with Crippen molar-refractivity contribution in [2.75, 3.05) is 0 Å². The Hall–Kier alpha value is -2.05. The Morgan fingerprint density at radius 2 is 2.15 bits per heavy atom. The normalized spacial score (nSPS) is 12.8. The number of nitrogens with zero attached hydrogens (tertiary/aromatic N) is 2. The van der Waals surface area contributed by atoms with Gasteiger partial charge in [-0.05, 0) is 33.3 Å². The predicted molar refractivity (Wildman–Crippen MR) is 74.3 cm³/mol. The summed E-state index contributed by atoms with van der Waals surface area (Å²) in [6.07, 6.45) is 2.84. The van der Waals surface area contributed by atoms with Crippen LogP contribution in [0.2, 0.25) is 0 Å². The zero-order valence-corrected chi connectivity index (χ0v) is 12.3. The van der Waals surface area contributed by atoms with Gasteiger partial charge in [0.1, 0.15) is 5.54 Å². The van der Waals surface area contributed by atoms with Crippen LogP contribution in [0.15, 0.2) is 12.3 Å². The van der Waals surface area contributed by atoms with E-state index in [-0.39, 0.29) is 6.54 Å². The van der Waals surface area contributed by atoms with Crippen LogP contribution < -0.4 is 10.6 Å². The van der Waals surface area contributed by atoms with Crippen molar-refractivity contribution in [3.8, 4) is 0 Å². The molecule has 1 unspecified atom stereocenters. The fourth-order valence-corrected chi connectivity index (χ4v) is 1.46. The van der Waals surface area contributed by atoms with Gasteiger partial charge in [-0.15, -0.1) is 0 Å². The van der Waals surface area contributed by atoms with E-state index in [1.54, 1.807) is 0 Å². The maximum atomic E-state index is 11.6. The molecule has 20 heavy (non-hydrogen) atoms. The average molecular weight is 282 g/mol. The van der Waals surface area contributed by atoms with E-state index in [4.69, 9.17) is 5.11 Å². The van der Waals surface area contributed by atoms with Crippen molar-refractivity contribution in [1.29, 1.82) is 0 Å². The van der Waals surface area contributed by atoms with Gasteiger partial charge >= 0.3 is 12.0 Å². The summed E-state index contributed by atoms with van der Waals surface area (Å²) in [5.74, 6) is -1.09. The molecule has 1 heterocycles. The number of carbonyl (C=O) groups excluding carboxylic acids is 1. The molecule has 7 nitrogen and oxygen atoms in total. The Bertz CT molecular complexity index is 482. The number of hydrogen-bond acceptors (Lipinski definition) is 3. The molecule has 0 aliphatic heterocycles. The number of urea groups is 1. The molecular formula is C13H22N4O3. The second-order valence-corrected chi connectivity index (χ2v) is 5.28. The lowest BCUT2D eigenvalue weighted by atomic mass is 10.1. The molecule has 0 aromatic carbocycles. The maximum absolute atomic E-state index is 11.6. The fourth-order valence-electron chi connectivity index (χ4n) is 1.46. The number of aliphatic carboxylic acids is 1. The van der Waals surface area contributed by atoms with E-state index < -0.39 is 17.5 Å². The summed E-state index contributed by atoms with van der Waals surface area (Å²) in [6.45, 7) is 7.24. The Morgan fingerprint density at radius 3 is 2.70 bits per heavy atom. The fraction of sp³-hybridized carbons (Fsp3) is 0.615. The molecular weight excluding hydrogens is 260 g/mol. The molecule has 112 valence electrons. The Kier molecular flexibility index (Phi) is 5.12. The minimum Gasteiger partial charge on any atom is -0.480 e. The molecule has 7 heteroatoms. The van der Waals surface area contributed by atoms with Gasteiger partial charge in [-0.25, -0.2) is 9.59 Å². The number of carboxylic acid groups (broad SMARTS) is 1. The van der Waals surface area contributed by atoms with Crippen LogP contribution in [0.4, 0.5) is 4.79 Å². The summed E-state index contributed by atoms with van der Waals surface area (Å²) in [4.78, 5) is 22.5. The predicted octanol–water partition coefficient (Wildman–Crippen LogP) is 1.52. The van der Waals surface area contributed by atoms with Crippen LogP contribution in [0.5, 0.6) is 0 Å². The lowest BCUT2D eigenvalue weighted by Gasteiger charge is -2.20. The highest BCUT2D eigenvalue weighted by Gasteiger charge is 2.28. The van der Waals surface area contributed by atoms with Gasteiger partial charge in [-0.3, -0.25) is 4.68 Å². The van der Waals surface area contributed by atoms with Crippen molar-refractivity contribution in [2.45, 2.75) is 52.2 Å². The Balaban J connectivity index is 2.49. The van der Waals surface area contributed by atoms with Crippen molar-refractivity contribution in [2.24, 2.45) is 0 Å². The molecule has 0 aliphatic carbocycles. The molecule has 1 atom stereocenters. The first-order chi connectivity index (χ1) is 9.26. The van der Waals surface area contributed by atoms with Crippen LogP contribution in [0, 0.1) is 0 Å². The number of carbonyl (C=O) groups is 2. The third kappa shape index (κ3) is 4.25. The summed E-state index contributed by atoms with van der Waals surface area (Å²) in [6, 6.07) is 1.61. The summed E-state index contributed by atoms with van der Waals surface area (Å²) in [7, 11) is 0. The highest BCUT2D eigenvalue weighted by Crippen LogP contribution is 2.09. The zero-order valence-electron chi connectivity index (χ0n) is 12.3. The van der Waals surface area contributed by atoms with Crippen LogP contribution in [0.3, 0.4) is 0 Å². The largest absolute Gasteiger partial charge is 0.480 e. The molecule has 0 saturated heterocycles. The van der Waals surface area contributed by atoms with Gasteiger partial charge in [-0.1, -0.05) is 6.92 Å². The van der Waals surface area contributed by atoms with E-state index in [0.29, 0.717) is 6.04 Å². The third-order valence-electron chi connectivity index (χ3n) is 3.10.